The molecule has 2 N–H and O–H groups in total. The van der Waals surface area contributed by atoms with Gasteiger partial charge in [-0.1, -0.05) is 18.2 Å². The maximum Gasteiger partial charge on any atom is 0.337 e. The van der Waals surface area contributed by atoms with E-state index in [0.717, 1.165) is 4.57 Å². The molecule has 3 heterocycles. The summed E-state index contributed by atoms with van der Waals surface area (Å²) in [7, 11) is 1.56. The van der Waals surface area contributed by atoms with Crippen LogP contribution in [0, 0.1) is 19.7 Å². The highest BCUT2D eigenvalue weighted by atomic mass is 19.1. The average molecular weight is 576 g/mol. The lowest BCUT2D eigenvalue weighted by atomic mass is 10.0. The number of aryl methyl sites for hydroxylation is 3. The van der Waals surface area contributed by atoms with E-state index in [-0.39, 0.29) is 17.8 Å². The van der Waals surface area contributed by atoms with Crippen LogP contribution in [-0.4, -0.2) is 63.4 Å². The molecule has 0 bridgehead atoms. The molecule has 11 nitrogen and oxygen atoms in total. The van der Waals surface area contributed by atoms with Crippen molar-refractivity contribution in [3.8, 4) is 5.82 Å². The zero-order valence-electron chi connectivity index (χ0n) is 23.4. The van der Waals surface area contributed by atoms with Crippen molar-refractivity contribution in [1.29, 1.82) is 0 Å². The molecule has 0 unspecified atom stereocenters. The van der Waals surface area contributed by atoms with Gasteiger partial charge in [0.2, 0.25) is 0 Å². The minimum Gasteiger partial charge on any atom is -0.480 e. The van der Waals surface area contributed by atoms with Crippen molar-refractivity contribution in [2.75, 3.05) is 31.2 Å². The number of aliphatic carboxylic acids is 1. The number of halogens is 1. The first-order valence-electron chi connectivity index (χ1n) is 13.4. The van der Waals surface area contributed by atoms with Gasteiger partial charge < -0.3 is 20.1 Å². The second-order valence-electron chi connectivity index (χ2n) is 10.3. The Kier molecular flexibility index (Phi) is 7.90. The predicted molar refractivity (Wildman–Crippen MR) is 154 cm³/mol. The lowest BCUT2D eigenvalue weighted by Crippen LogP contribution is -2.43. The van der Waals surface area contributed by atoms with Crippen LogP contribution in [0.3, 0.4) is 0 Å². The summed E-state index contributed by atoms with van der Waals surface area (Å²) in [5, 5.41) is 12.6. The van der Waals surface area contributed by atoms with Gasteiger partial charge in [-0.05, 0) is 54.8 Å². The predicted octanol–water partition coefficient (Wildman–Crippen LogP) is 2.10. The number of morpholine rings is 1. The maximum atomic E-state index is 15.1. The fourth-order valence-corrected chi connectivity index (χ4v) is 5.22. The molecule has 5 rings (SSSR count). The van der Waals surface area contributed by atoms with E-state index in [1.165, 1.54) is 29.0 Å². The first-order valence-corrected chi connectivity index (χ1v) is 13.4. The number of aromatic nitrogens is 3. The number of carboxylic acid groups (broad SMARTS) is 1. The fourth-order valence-electron chi connectivity index (χ4n) is 5.22. The van der Waals surface area contributed by atoms with Gasteiger partial charge in [0.1, 0.15) is 17.7 Å². The number of pyridine rings is 1. The van der Waals surface area contributed by atoms with Crippen molar-refractivity contribution in [2.45, 2.75) is 26.3 Å². The third kappa shape index (κ3) is 5.40. The summed E-state index contributed by atoms with van der Waals surface area (Å²) in [4.78, 5) is 57.5. The molecule has 1 fully saturated rings. The summed E-state index contributed by atoms with van der Waals surface area (Å²) >= 11 is 0. The van der Waals surface area contributed by atoms with E-state index in [1.807, 2.05) is 4.90 Å². The van der Waals surface area contributed by atoms with Crippen LogP contribution in [0.5, 0.6) is 0 Å². The highest BCUT2D eigenvalue weighted by molar-refractivity contribution is 5.98. The number of ether oxygens (including phenoxy) is 1. The first kappa shape index (κ1) is 28.7. The van der Waals surface area contributed by atoms with Gasteiger partial charge in [-0.25, -0.2) is 23.5 Å². The van der Waals surface area contributed by atoms with Crippen LogP contribution in [0.2, 0.25) is 0 Å². The Bertz CT molecular complexity index is 1790. The molecule has 2 aromatic carbocycles. The van der Waals surface area contributed by atoms with Gasteiger partial charge >= 0.3 is 11.7 Å². The summed E-state index contributed by atoms with van der Waals surface area (Å²) in [5.41, 5.74) is 1.32. The molecule has 42 heavy (non-hydrogen) atoms. The number of nitrogens with zero attached hydrogens (tertiary/aromatic N) is 4. The van der Waals surface area contributed by atoms with E-state index < -0.39 is 35.0 Å². The molecular formula is C30H30FN5O6. The molecule has 1 atom stereocenters. The molecule has 2 aromatic heterocycles. The van der Waals surface area contributed by atoms with Crippen molar-refractivity contribution in [1.82, 2.24) is 19.4 Å². The SMILES string of the molecule is Cc1cc(N2CCOCC2)cc(F)c1C(=O)N[C@@H](Cc1ccc(-n2c(=O)c3c(C)cccc3n(C)c2=O)nc1)C(=O)O. The third-order valence-electron chi connectivity index (χ3n) is 7.46. The molecule has 0 saturated carbocycles. The van der Waals surface area contributed by atoms with Gasteiger partial charge in [-0.15, -0.1) is 0 Å². The van der Waals surface area contributed by atoms with Crippen LogP contribution in [-0.2, 0) is 23.0 Å². The molecule has 1 aliphatic heterocycles. The highest BCUT2D eigenvalue weighted by Crippen LogP contribution is 2.24. The number of fused-ring (bicyclic) bond motifs is 1. The van der Waals surface area contributed by atoms with Crippen LogP contribution in [0.4, 0.5) is 10.1 Å². The molecule has 1 aliphatic rings. The molecule has 0 aliphatic carbocycles. The first-order chi connectivity index (χ1) is 20.1. The summed E-state index contributed by atoms with van der Waals surface area (Å²) in [6.07, 6.45) is 1.18. The smallest absolute Gasteiger partial charge is 0.337 e. The van der Waals surface area contributed by atoms with Crippen LogP contribution in [0.15, 0.2) is 58.3 Å². The minimum absolute atomic E-state index is 0.0727. The molecule has 1 saturated heterocycles. The molecule has 0 radical (unpaired) electrons. The van der Waals surface area contributed by atoms with Crippen molar-refractivity contribution in [3.05, 3.63) is 97.6 Å². The molecule has 1 amide bonds. The number of nitrogens with one attached hydrogen (secondary N) is 1. The monoisotopic (exact) mass is 575 g/mol. The normalized spacial score (nSPS) is 14.1. The molecular weight excluding hydrogens is 545 g/mol. The standard InChI is InChI=1S/C30H30FN5O6/c1-17-5-4-6-23-26(17)28(38)36(30(41)34(23)3)24-8-7-19(16-32-24)14-22(29(39)40)33-27(37)25-18(2)13-20(15-21(25)31)35-9-11-42-12-10-35/h4-8,13,15-16,22H,9-12,14H2,1-3H3,(H,33,37)(H,39,40)/t22-/m0/s1. The van der Waals surface area contributed by atoms with E-state index in [1.54, 1.807) is 45.2 Å². The van der Waals surface area contributed by atoms with Gasteiger partial charge in [0, 0.05) is 38.4 Å². The van der Waals surface area contributed by atoms with E-state index in [0.29, 0.717) is 59.6 Å². The second kappa shape index (κ2) is 11.6. The number of amides is 1. The van der Waals surface area contributed by atoms with E-state index in [2.05, 4.69) is 10.3 Å². The average Bonchev–Trinajstić information content (AvgIpc) is 2.96. The van der Waals surface area contributed by atoms with Gasteiger partial charge in [0.25, 0.3) is 11.5 Å². The van der Waals surface area contributed by atoms with Crippen LogP contribution in [0.1, 0.15) is 27.0 Å². The number of hydrogen-bond donors (Lipinski definition) is 2. The lowest BCUT2D eigenvalue weighted by molar-refractivity contribution is -0.139. The number of carboxylic acids is 1. The Labute approximate surface area is 239 Å². The zero-order chi connectivity index (χ0) is 30.1. The van der Waals surface area contributed by atoms with E-state index in [9.17, 15) is 24.3 Å². The topological polar surface area (TPSA) is 136 Å². The summed E-state index contributed by atoms with van der Waals surface area (Å²) < 4.78 is 22.7. The van der Waals surface area contributed by atoms with Gasteiger partial charge in [-0.3, -0.25) is 14.2 Å². The Morgan fingerprint density at radius 1 is 1.10 bits per heavy atom. The number of anilines is 1. The van der Waals surface area contributed by atoms with Crippen molar-refractivity contribution < 1.29 is 23.8 Å². The third-order valence-corrected chi connectivity index (χ3v) is 7.46. The largest absolute Gasteiger partial charge is 0.480 e. The van der Waals surface area contributed by atoms with Gasteiger partial charge in [0.05, 0.1) is 29.7 Å². The van der Waals surface area contributed by atoms with Crippen LogP contribution in [0.25, 0.3) is 16.7 Å². The number of hydrogen-bond acceptors (Lipinski definition) is 7. The summed E-state index contributed by atoms with van der Waals surface area (Å²) in [5.74, 6) is -2.84. The molecule has 0 spiro atoms. The van der Waals surface area contributed by atoms with Gasteiger partial charge in [0.15, 0.2) is 0 Å². The van der Waals surface area contributed by atoms with E-state index in [4.69, 9.17) is 4.74 Å². The Morgan fingerprint density at radius 3 is 2.48 bits per heavy atom. The number of benzene rings is 2. The lowest BCUT2D eigenvalue weighted by Gasteiger charge is -2.29. The van der Waals surface area contributed by atoms with Crippen LogP contribution < -0.4 is 21.5 Å². The van der Waals surface area contributed by atoms with E-state index >= 15 is 4.39 Å². The Balaban J connectivity index is 1.37. The van der Waals surface area contributed by atoms with Crippen molar-refractivity contribution in [2.24, 2.45) is 7.05 Å². The Morgan fingerprint density at radius 2 is 1.83 bits per heavy atom. The zero-order valence-corrected chi connectivity index (χ0v) is 23.4. The second-order valence-corrected chi connectivity index (χ2v) is 10.3. The fraction of sp³-hybridized carbons (Fsp3) is 0.300. The quantitative estimate of drug-likeness (QED) is 0.342. The molecule has 4 aromatic rings. The summed E-state index contributed by atoms with van der Waals surface area (Å²) in [6.45, 7) is 5.62. The number of carbonyl (C=O) groups excluding carboxylic acids is 1. The number of carbonyl (C=O) groups is 2. The molecule has 12 heteroatoms. The molecule has 218 valence electrons. The summed E-state index contributed by atoms with van der Waals surface area (Å²) in [6, 6.07) is 9.79. The van der Waals surface area contributed by atoms with Gasteiger partial charge in [-0.2, -0.15) is 0 Å². The Hall–Kier alpha value is -4.84. The van der Waals surface area contributed by atoms with Crippen molar-refractivity contribution in [3.63, 3.8) is 0 Å². The van der Waals surface area contributed by atoms with Crippen molar-refractivity contribution >= 4 is 28.5 Å². The van der Waals surface area contributed by atoms with Crippen LogP contribution >= 0.6 is 0 Å². The highest BCUT2D eigenvalue weighted by Gasteiger charge is 2.25. The number of rotatable bonds is 7. The maximum absolute atomic E-state index is 15.1. The minimum atomic E-state index is -1.39.